The standard InChI is InChI=1S/2C7H6ClNO/c8-6-3-1-5(2-4-6)7(9)10;8-6-2-1-3-7(10)5(6)4-9/h1-4H,(H2,9,10);1-4,9-10H. The van der Waals surface area contributed by atoms with E-state index >= 15 is 0 Å². The van der Waals surface area contributed by atoms with Gasteiger partial charge in [-0.1, -0.05) is 29.3 Å². The number of benzene rings is 2. The van der Waals surface area contributed by atoms with Gasteiger partial charge in [-0.25, -0.2) is 0 Å². The SMILES string of the molecule is N=Cc1c(O)cccc1Cl.NC(=O)c1ccc(Cl)cc1. The predicted octanol–water partition coefficient (Wildman–Crippen LogP) is 3.48. The van der Waals surface area contributed by atoms with Gasteiger partial charge in [0.15, 0.2) is 0 Å². The van der Waals surface area contributed by atoms with E-state index in [1.807, 2.05) is 0 Å². The van der Waals surface area contributed by atoms with Crippen molar-refractivity contribution in [2.24, 2.45) is 5.73 Å². The van der Waals surface area contributed by atoms with Gasteiger partial charge in [-0.2, -0.15) is 0 Å². The van der Waals surface area contributed by atoms with Crippen LogP contribution in [-0.4, -0.2) is 17.2 Å². The molecule has 0 aliphatic rings. The molecule has 0 unspecified atom stereocenters. The predicted molar refractivity (Wildman–Crippen MR) is 81.0 cm³/mol. The molecule has 0 aromatic heterocycles. The van der Waals surface area contributed by atoms with Crippen LogP contribution in [0, 0.1) is 5.41 Å². The van der Waals surface area contributed by atoms with Crippen LogP contribution >= 0.6 is 23.2 Å². The van der Waals surface area contributed by atoms with Crippen LogP contribution in [0.3, 0.4) is 0 Å². The highest BCUT2D eigenvalue weighted by Crippen LogP contribution is 2.22. The van der Waals surface area contributed by atoms with Crippen molar-refractivity contribution in [3.8, 4) is 5.75 Å². The Hall–Kier alpha value is -2.04. The van der Waals surface area contributed by atoms with Crippen LogP contribution in [0.15, 0.2) is 42.5 Å². The number of hydrogen-bond acceptors (Lipinski definition) is 3. The number of carbonyl (C=O) groups is 1. The highest BCUT2D eigenvalue weighted by Gasteiger charge is 2.00. The van der Waals surface area contributed by atoms with E-state index in [0.29, 0.717) is 21.2 Å². The molecule has 4 nitrogen and oxygen atoms in total. The smallest absolute Gasteiger partial charge is 0.248 e. The fraction of sp³-hybridized carbons (Fsp3) is 0. The number of aromatic hydroxyl groups is 1. The summed E-state index contributed by atoms with van der Waals surface area (Å²) in [6.45, 7) is 0. The summed E-state index contributed by atoms with van der Waals surface area (Å²) < 4.78 is 0. The van der Waals surface area contributed by atoms with Crippen molar-refractivity contribution in [3.63, 3.8) is 0 Å². The molecule has 0 aliphatic heterocycles. The second-order valence-corrected chi connectivity index (χ2v) is 4.53. The lowest BCUT2D eigenvalue weighted by atomic mass is 10.2. The number of carbonyl (C=O) groups excluding carboxylic acids is 1. The molecule has 2 aromatic carbocycles. The number of rotatable bonds is 2. The molecule has 20 heavy (non-hydrogen) atoms. The maximum Gasteiger partial charge on any atom is 0.248 e. The third kappa shape index (κ3) is 4.57. The third-order valence-corrected chi connectivity index (χ3v) is 2.88. The molecule has 2 aromatic rings. The van der Waals surface area contributed by atoms with Crippen LogP contribution in [0.1, 0.15) is 15.9 Å². The highest BCUT2D eigenvalue weighted by atomic mass is 35.5. The highest BCUT2D eigenvalue weighted by molar-refractivity contribution is 6.33. The molecule has 0 aliphatic carbocycles. The molecule has 0 saturated heterocycles. The average molecular weight is 311 g/mol. The summed E-state index contributed by atoms with van der Waals surface area (Å²) in [5.74, 6) is -0.390. The minimum absolute atomic E-state index is 0.0440. The van der Waals surface area contributed by atoms with E-state index in [1.165, 1.54) is 6.07 Å². The first kappa shape index (κ1) is 16.0. The van der Waals surface area contributed by atoms with E-state index in [4.69, 9.17) is 39.5 Å². The van der Waals surface area contributed by atoms with Gasteiger partial charge in [0.1, 0.15) is 5.75 Å². The first-order valence-corrected chi connectivity index (χ1v) is 6.24. The molecule has 4 N–H and O–H groups in total. The Morgan fingerprint density at radius 3 is 2.15 bits per heavy atom. The second-order valence-electron chi connectivity index (χ2n) is 3.69. The largest absolute Gasteiger partial charge is 0.507 e. The van der Waals surface area contributed by atoms with Gasteiger partial charge >= 0.3 is 0 Å². The molecule has 104 valence electrons. The summed E-state index contributed by atoms with van der Waals surface area (Å²) in [4.78, 5) is 10.5. The van der Waals surface area contributed by atoms with Crippen LogP contribution in [0.4, 0.5) is 0 Å². The monoisotopic (exact) mass is 310 g/mol. The summed E-state index contributed by atoms with van der Waals surface area (Å²) in [7, 11) is 0. The first-order chi connectivity index (χ1) is 9.45. The van der Waals surface area contributed by atoms with Gasteiger partial charge in [0.05, 0.1) is 10.6 Å². The summed E-state index contributed by atoms with van der Waals surface area (Å²) >= 11 is 11.2. The number of halogens is 2. The molecular weight excluding hydrogens is 299 g/mol. The Morgan fingerprint density at radius 2 is 1.75 bits per heavy atom. The minimum atomic E-state index is -0.434. The molecule has 0 fully saturated rings. The molecule has 0 spiro atoms. The van der Waals surface area contributed by atoms with Gasteiger partial charge in [-0.15, -0.1) is 0 Å². The Labute approximate surface area is 126 Å². The lowest BCUT2D eigenvalue weighted by Gasteiger charge is -1.97. The van der Waals surface area contributed by atoms with E-state index < -0.39 is 5.91 Å². The van der Waals surface area contributed by atoms with Crippen molar-refractivity contribution in [2.45, 2.75) is 0 Å². The fourth-order valence-electron chi connectivity index (χ4n) is 1.28. The van der Waals surface area contributed by atoms with Crippen LogP contribution in [-0.2, 0) is 0 Å². The lowest BCUT2D eigenvalue weighted by Crippen LogP contribution is -2.10. The fourth-order valence-corrected chi connectivity index (χ4v) is 1.63. The molecule has 0 bridgehead atoms. The molecule has 1 amide bonds. The van der Waals surface area contributed by atoms with E-state index in [9.17, 15) is 4.79 Å². The van der Waals surface area contributed by atoms with Gasteiger partial charge in [-0.05, 0) is 36.4 Å². The number of phenols is 1. The maximum atomic E-state index is 10.5. The van der Waals surface area contributed by atoms with Crippen molar-refractivity contribution < 1.29 is 9.90 Å². The minimum Gasteiger partial charge on any atom is -0.507 e. The summed E-state index contributed by atoms with van der Waals surface area (Å²) in [6.07, 6.45) is 1.03. The van der Waals surface area contributed by atoms with Crippen LogP contribution in [0.2, 0.25) is 10.0 Å². The Bertz CT molecular complexity index is 593. The van der Waals surface area contributed by atoms with E-state index in [0.717, 1.165) is 6.21 Å². The Kier molecular flexibility index (Phi) is 6.03. The average Bonchev–Trinajstić information content (AvgIpc) is 2.40. The molecular formula is C14H12Cl2N2O2. The maximum absolute atomic E-state index is 10.5. The van der Waals surface area contributed by atoms with Crippen LogP contribution < -0.4 is 5.73 Å². The molecule has 6 heteroatoms. The molecule has 0 saturated carbocycles. The zero-order valence-electron chi connectivity index (χ0n) is 10.3. The number of primary amides is 1. The number of nitrogens with two attached hydrogens (primary N) is 1. The molecule has 0 atom stereocenters. The summed E-state index contributed by atoms with van der Waals surface area (Å²) in [5.41, 5.74) is 5.82. The first-order valence-electron chi connectivity index (χ1n) is 5.49. The zero-order chi connectivity index (χ0) is 15.1. The van der Waals surface area contributed by atoms with Gasteiger partial charge in [0.25, 0.3) is 0 Å². The summed E-state index contributed by atoms with van der Waals surface area (Å²) in [5, 5.41) is 16.9. The second kappa shape index (κ2) is 7.53. The lowest BCUT2D eigenvalue weighted by molar-refractivity contribution is 0.100. The van der Waals surface area contributed by atoms with Gasteiger partial charge in [0, 0.05) is 16.8 Å². The molecule has 0 heterocycles. The quantitative estimate of drug-likeness (QED) is 0.741. The van der Waals surface area contributed by atoms with Crippen LogP contribution in [0.25, 0.3) is 0 Å². The Balaban J connectivity index is 0.000000200. The number of nitrogens with one attached hydrogen (secondary N) is 1. The summed E-state index contributed by atoms with van der Waals surface area (Å²) in [6, 6.07) is 11.2. The van der Waals surface area contributed by atoms with Crippen LogP contribution in [0.5, 0.6) is 5.75 Å². The van der Waals surface area contributed by atoms with Crippen molar-refractivity contribution in [1.29, 1.82) is 5.41 Å². The van der Waals surface area contributed by atoms with Crippen molar-refractivity contribution in [1.82, 2.24) is 0 Å². The van der Waals surface area contributed by atoms with Gasteiger partial charge < -0.3 is 16.2 Å². The van der Waals surface area contributed by atoms with Gasteiger partial charge in [0.2, 0.25) is 5.91 Å². The number of phenolic OH excluding ortho intramolecular Hbond substituents is 1. The number of hydrogen-bond donors (Lipinski definition) is 3. The van der Waals surface area contributed by atoms with E-state index in [-0.39, 0.29) is 5.75 Å². The molecule has 2 rings (SSSR count). The molecule has 0 radical (unpaired) electrons. The Morgan fingerprint density at radius 1 is 1.15 bits per heavy atom. The van der Waals surface area contributed by atoms with E-state index in [2.05, 4.69) is 0 Å². The zero-order valence-corrected chi connectivity index (χ0v) is 11.8. The van der Waals surface area contributed by atoms with Crippen molar-refractivity contribution in [2.75, 3.05) is 0 Å². The number of amides is 1. The third-order valence-electron chi connectivity index (χ3n) is 2.30. The normalized spacial score (nSPS) is 9.30. The topological polar surface area (TPSA) is 87.2 Å². The van der Waals surface area contributed by atoms with Crippen molar-refractivity contribution in [3.05, 3.63) is 63.6 Å². The van der Waals surface area contributed by atoms with E-state index in [1.54, 1.807) is 36.4 Å². The van der Waals surface area contributed by atoms with Crippen molar-refractivity contribution >= 4 is 35.3 Å². The van der Waals surface area contributed by atoms with Gasteiger partial charge in [-0.3, -0.25) is 4.79 Å².